The topological polar surface area (TPSA) is 16.6 Å². The third-order valence-electron chi connectivity index (χ3n) is 2.20. The summed E-state index contributed by atoms with van der Waals surface area (Å²) in [5.41, 5.74) is 3.09. The molecule has 1 nitrogen and oxygen atoms in total. The molecule has 0 saturated carbocycles. The van der Waals surface area contributed by atoms with Gasteiger partial charge < -0.3 is 0 Å². The Morgan fingerprint density at radius 1 is 1.30 bits per heavy atom. The molecule has 0 amide bonds. The molecule has 0 bridgehead atoms. The highest BCUT2D eigenvalue weighted by atomic mass is 14.9. The Labute approximate surface area is 62.8 Å². The van der Waals surface area contributed by atoms with Crippen LogP contribution in [-0.2, 0) is 0 Å². The Balaban J connectivity index is 2.90. The molecule has 0 aromatic carbocycles. The van der Waals surface area contributed by atoms with E-state index in [4.69, 9.17) is 0 Å². The monoisotopic (exact) mass is 138 g/mol. The Hall–Kier alpha value is -0.560. The molecule has 0 radical (unpaired) electrons. The third-order valence-corrected chi connectivity index (χ3v) is 2.20. The van der Waals surface area contributed by atoms with Crippen LogP contribution in [0.4, 0.5) is 0 Å². The molecule has 2 N–H and O–H groups in total. The van der Waals surface area contributed by atoms with Crippen LogP contribution in [0.25, 0.3) is 0 Å². The van der Waals surface area contributed by atoms with Crippen LogP contribution in [0.1, 0.15) is 27.7 Å². The first-order valence-corrected chi connectivity index (χ1v) is 3.74. The summed E-state index contributed by atoms with van der Waals surface area (Å²) < 4.78 is 0. The molecule has 1 heterocycles. The Morgan fingerprint density at radius 3 is 2.30 bits per heavy atom. The van der Waals surface area contributed by atoms with Crippen LogP contribution in [-0.4, -0.2) is 0 Å². The fraction of sp³-hybridized carbons (Fsp3) is 0.556. The molecular formula is C9H16N+. The first-order chi connectivity index (χ1) is 4.52. The molecule has 0 saturated heterocycles. The van der Waals surface area contributed by atoms with E-state index in [2.05, 4.69) is 45.3 Å². The van der Waals surface area contributed by atoms with Crippen molar-refractivity contribution in [2.45, 2.75) is 27.7 Å². The van der Waals surface area contributed by atoms with E-state index in [1.165, 1.54) is 11.3 Å². The molecule has 56 valence electrons. The summed E-state index contributed by atoms with van der Waals surface area (Å²) in [6.07, 6.45) is 4.51. The van der Waals surface area contributed by atoms with E-state index in [0.717, 1.165) is 0 Å². The lowest BCUT2D eigenvalue weighted by atomic mass is 9.83. The van der Waals surface area contributed by atoms with Crippen molar-refractivity contribution in [2.24, 2.45) is 5.41 Å². The second-order valence-corrected chi connectivity index (χ2v) is 3.63. The lowest BCUT2D eigenvalue weighted by Crippen LogP contribution is -2.76. The van der Waals surface area contributed by atoms with Crippen molar-refractivity contribution in [3.05, 3.63) is 23.5 Å². The minimum atomic E-state index is 0.277. The summed E-state index contributed by atoms with van der Waals surface area (Å²) in [4.78, 5) is 0. The van der Waals surface area contributed by atoms with Gasteiger partial charge in [0, 0.05) is 12.3 Å². The maximum absolute atomic E-state index is 2.31. The third kappa shape index (κ3) is 1.29. The van der Waals surface area contributed by atoms with Crippen molar-refractivity contribution < 1.29 is 5.32 Å². The summed E-state index contributed by atoms with van der Waals surface area (Å²) in [5, 5.41) is 2.17. The van der Waals surface area contributed by atoms with Crippen molar-refractivity contribution in [1.29, 1.82) is 0 Å². The van der Waals surface area contributed by atoms with Crippen molar-refractivity contribution in [3.8, 4) is 0 Å². The van der Waals surface area contributed by atoms with Gasteiger partial charge in [0.1, 0.15) is 5.70 Å². The molecule has 0 aliphatic carbocycles. The number of rotatable bonds is 0. The summed E-state index contributed by atoms with van der Waals surface area (Å²) in [6.45, 7) is 8.81. The molecular weight excluding hydrogens is 122 g/mol. The lowest BCUT2D eigenvalue weighted by molar-refractivity contribution is -0.538. The van der Waals surface area contributed by atoms with E-state index in [-0.39, 0.29) is 5.41 Å². The van der Waals surface area contributed by atoms with Gasteiger partial charge in [0.15, 0.2) is 0 Å². The maximum atomic E-state index is 2.31. The highest BCUT2D eigenvalue weighted by Crippen LogP contribution is 2.28. The fourth-order valence-electron chi connectivity index (χ4n) is 1.20. The summed E-state index contributed by atoms with van der Waals surface area (Å²) in [6, 6.07) is 0. The molecule has 0 aromatic heterocycles. The average molecular weight is 138 g/mol. The number of hydrogen-bond acceptors (Lipinski definition) is 0. The van der Waals surface area contributed by atoms with Crippen molar-refractivity contribution in [2.75, 3.05) is 0 Å². The first-order valence-electron chi connectivity index (χ1n) is 3.74. The second-order valence-electron chi connectivity index (χ2n) is 3.63. The largest absolute Gasteiger partial charge is 0.292 e. The molecule has 0 aromatic rings. The van der Waals surface area contributed by atoms with E-state index in [1.807, 2.05) is 0 Å². The summed E-state index contributed by atoms with van der Waals surface area (Å²) in [5.74, 6) is 0. The van der Waals surface area contributed by atoms with Gasteiger partial charge in [-0.1, -0.05) is 13.8 Å². The predicted molar refractivity (Wildman–Crippen MR) is 43.2 cm³/mol. The molecule has 0 spiro atoms. The molecule has 1 rings (SSSR count). The predicted octanol–water partition coefficient (Wildman–Crippen LogP) is 1.40. The zero-order valence-corrected chi connectivity index (χ0v) is 7.23. The highest BCUT2D eigenvalue weighted by Gasteiger charge is 2.22. The average Bonchev–Trinajstić information content (AvgIpc) is 1.78. The van der Waals surface area contributed by atoms with Crippen LogP contribution in [0, 0.1) is 5.41 Å². The zero-order valence-electron chi connectivity index (χ0n) is 7.23. The Morgan fingerprint density at radius 2 is 1.90 bits per heavy atom. The molecule has 0 atom stereocenters. The number of nitrogens with two attached hydrogens (primary N) is 1. The Kier molecular flexibility index (Phi) is 1.69. The van der Waals surface area contributed by atoms with Crippen LogP contribution in [0.15, 0.2) is 23.5 Å². The minimum absolute atomic E-state index is 0.277. The van der Waals surface area contributed by atoms with E-state index in [9.17, 15) is 0 Å². The van der Waals surface area contributed by atoms with Crippen LogP contribution in [0.3, 0.4) is 0 Å². The van der Waals surface area contributed by atoms with Crippen LogP contribution in [0.5, 0.6) is 0 Å². The Bertz CT molecular complexity index is 197. The molecule has 1 aliphatic rings. The van der Waals surface area contributed by atoms with Gasteiger partial charge in [-0.2, -0.15) is 0 Å². The smallest absolute Gasteiger partial charge is 0.104 e. The van der Waals surface area contributed by atoms with Gasteiger partial charge in [0.25, 0.3) is 0 Å². The number of quaternary nitrogens is 1. The SMILES string of the molecule is CC1=CC(C)(C)C(C)=C[NH2+]1. The highest BCUT2D eigenvalue weighted by molar-refractivity contribution is 5.19. The van der Waals surface area contributed by atoms with Gasteiger partial charge in [0.05, 0.1) is 6.20 Å². The minimum Gasteiger partial charge on any atom is -0.292 e. The van der Waals surface area contributed by atoms with Gasteiger partial charge in [-0.15, -0.1) is 0 Å². The standard InChI is InChI=1S/C9H15N/c1-7-6-10-8(2)5-9(7,3)4/h5-6,10H,1-4H3/p+1. The molecule has 0 unspecified atom stereocenters. The van der Waals surface area contributed by atoms with Crippen molar-refractivity contribution in [3.63, 3.8) is 0 Å². The van der Waals surface area contributed by atoms with Gasteiger partial charge in [0.2, 0.25) is 0 Å². The van der Waals surface area contributed by atoms with Gasteiger partial charge in [-0.3, -0.25) is 5.32 Å². The van der Waals surface area contributed by atoms with Crippen LogP contribution in [0.2, 0.25) is 0 Å². The molecule has 1 heteroatoms. The number of allylic oxidation sites excluding steroid dienone is 3. The summed E-state index contributed by atoms with van der Waals surface area (Å²) in [7, 11) is 0. The normalized spacial score (nSPS) is 23.6. The molecule has 0 fully saturated rings. The van der Waals surface area contributed by atoms with Crippen molar-refractivity contribution >= 4 is 0 Å². The quantitative estimate of drug-likeness (QED) is 0.521. The van der Waals surface area contributed by atoms with Gasteiger partial charge in [-0.25, -0.2) is 0 Å². The number of hydrogen-bond donors (Lipinski definition) is 1. The van der Waals surface area contributed by atoms with Crippen LogP contribution >= 0.6 is 0 Å². The van der Waals surface area contributed by atoms with Gasteiger partial charge in [-0.05, 0) is 18.6 Å². The van der Waals surface area contributed by atoms with E-state index in [0.29, 0.717) is 0 Å². The van der Waals surface area contributed by atoms with Gasteiger partial charge >= 0.3 is 0 Å². The van der Waals surface area contributed by atoms with E-state index < -0.39 is 0 Å². The maximum Gasteiger partial charge on any atom is 0.104 e. The van der Waals surface area contributed by atoms with E-state index >= 15 is 0 Å². The summed E-state index contributed by atoms with van der Waals surface area (Å²) >= 11 is 0. The van der Waals surface area contributed by atoms with Crippen molar-refractivity contribution in [1.82, 2.24) is 0 Å². The molecule has 10 heavy (non-hydrogen) atoms. The fourth-order valence-corrected chi connectivity index (χ4v) is 1.20. The first kappa shape index (κ1) is 7.55. The van der Waals surface area contributed by atoms with Crippen LogP contribution < -0.4 is 5.32 Å². The lowest BCUT2D eigenvalue weighted by Gasteiger charge is -2.23. The molecule has 1 aliphatic heterocycles. The second kappa shape index (κ2) is 2.24. The van der Waals surface area contributed by atoms with E-state index in [1.54, 1.807) is 0 Å². The zero-order chi connectivity index (χ0) is 7.78.